The van der Waals surface area contributed by atoms with E-state index < -0.39 is 0 Å². The minimum Gasteiger partial charge on any atom is -0.463 e. The zero-order chi connectivity index (χ0) is 10.7. The number of esters is 1. The second-order valence-corrected chi connectivity index (χ2v) is 3.82. The van der Waals surface area contributed by atoms with Gasteiger partial charge in [0.1, 0.15) is 0 Å². The fourth-order valence-corrected chi connectivity index (χ4v) is 1.73. The molecule has 2 heteroatoms. The molecule has 78 valence electrons. The Morgan fingerprint density at radius 2 is 2.14 bits per heavy atom. The van der Waals surface area contributed by atoms with Crippen molar-refractivity contribution < 1.29 is 9.53 Å². The molecule has 0 saturated carbocycles. The van der Waals surface area contributed by atoms with Crippen LogP contribution in [-0.4, -0.2) is 12.6 Å². The lowest BCUT2D eigenvalue weighted by atomic mass is 9.82. The second kappa shape index (κ2) is 4.45. The van der Waals surface area contributed by atoms with Crippen molar-refractivity contribution in [1.29, 1.82) is 0 Å². The van der Waals surface area contributed by atoms with E-state index in [-0.39, 0.29) is 11.9 Å². The number of rotatable bonds is 2. The van der Waals surface area contributed by atoms with E-state index in [1.807, 2.05) is 19.9 Å². The van der Waals surface area contributed by atoms with Gasteiger partial charge in [0, 0.05) is 5.57 Å². The summed E-state index contributed by atoms with van der Waals surface area (Å²) in [6.07, 6.45) is 4.15. The number of hydrogen-bond acceptors (Lipinski definition) is 2. The summed E-state index contributed by atoms with van der Waals surface area (Å²) in [5, 5.41) is 0. The van der Waals surface area contributed by atoms with Crippen molar-refractivity contribution >= 4 is 5.97 Å². The minimum atomic E-state index is -0.159. The van der Waals surface area contributed by atoms with E-state index in [4.69, 9.17) is 4.74 Å². The lowest BCUT2D eigenvalue weighted by Gasteiger charge is -2.24. The molecule has 0 unspecified atom stereocenters. The van der Waals surface area contributed by atoms with Gasteiger partial charge >= 0.3 is 5.97 Å². The van der Waals surface area contributed by atoms with E-state index in [2.05, 4.69) is 19.9 Å². The molecule has 0 heterocycles. The van der Waals surface area contributed by atoms with Gasteiger partial charge in [0.25, 0.3) is 0 Å². The Labute approximate surface area is 85.6 Å². The largest absolute Gasteiger partial charge is 0.463 e. The Morgan fingerprint density at radius 3 is 2.71 bits per heavy atom. The molecule has 0 saturated heterocycles. The molecule has 0 spiro atoms. The van der Waals surface area contributed by atoms with Gasteiger partial charge in [-0.05, 0) is 31.3 Å². The lowest BCUT2D eigenvalue weighted by Crippen LogP contribution is -2.21. The van der Waals surface area contributed by atoms with Crippen molar-refractivity contribution in [2.24, 2.45) is 11.8 Å². The number of carbonyl (C=O) groups is 1. The van der Waals surface area contributed by atoms with Gasteiger partial charge in [-0.1, -0.05) is 26.0 Å². The van der Waals surface area contributed by atoms with Crippen LogP contribution in [0.15, 0.2) is 23.3 Å². The van der Waals surface area contributed by atoms with Crippen molar-refractivity contribution in [3.8, 4) is 0 Å². The molecule has 0 aliphatic heterocycles. The molecular weight excluding hydrogens is 176 g/mol. The number of allylic oxidation sites excluding steroid dienone is 3. The Bertz CT molecular complexity index is 287. The molecule has 0 N–H and O–H groups in total. The summed E-state index contributed by atoms with van der Waals surface area (Å²) in [4.78, 5) is 11.7. The molecule has 14 heavy (non-hydrogen) atoms. The van der Waals surface area contributed by atoms with Crippen molar-refractivity contribution in [3.05, 3.63) is 23.3 Å². The maximum absolute atomic E-state index is 11.7. The lowest BCUT2D eigenvalue weighted by molar-refractivity contribution is -0.139. The fourth-order valence-electron chi connectivity index (χ4n) is 1.73. The van der Waals surface area contributed by atoms with Gasteiger partial charge in [-0.2, -0.15) is 0 Å². The zero-order valence-corrected chi connectivity index (χ0v) is 9.33. The van der Waals surface area contributed by atoms with Crippen molar-refractivity contribution in [2.75, 3.05) is 6.61 Å². The van der Waals surface area contributed by atoms with Crippen LogP contribution >= 0.6 is 0 Å². The average Bonchev–Trinajstić information content (AvgIpc) is 2.13. The van der Waals surface area contributed by atoms with Crippen molar-refractivity contribution in [1.82, 2.24) is 0 Å². The van der Waals surface area contributed by atoms with E-state index in [1.165, 1.54) is 0 Å². The summed E-state index contributed by atoms with van der Waals surface area (Å²) in [6, 6.07) is 0. The number of carbonyl (C=O) groups excluding carboxylic acids is 1. The Hall–Kier alpha value is -1.05. The first kappa shape index (κ1) is 11.0. The van der Waals surface area contributed by atoms with Gasteiger partial charge in [-0.15, -0.1) is 0 Å². The van der Waals surface area contributed by atoms with Crippen LogP contribution in [0.4, 0.5) is 0 Å². The Morgan fingerprint density at radius 1 is 1.50 bits per heavy atom. The summed E-state index contributed by atoms with van der Waals surface area (Å²) in [7, 11) is 0. The highest BCUT2D eigenvalue weighted by Crippen LogP contribution is 2.30. The van der Waals surface area contributed by atoms with Crippen LogP contribution in [-0.2, 0) is 9.53 Å². The predicted molar refractivity (Wildman–Crippen MR) is 56.8 cm³/mol. The Balaban J connectivity index is 2.92. The van der Waals surface area contributed by atoms with Gasteiger partial charge in [-0.3, -0.25) is 0 Å². The van der Waals surface area contributed by atoms with Gasteiger partial charge in [0.05, 0.1) is 6.61 Å². The van der Waals surface area contributed by atoms with Gasteiger partial charge < -0.3 is 4.74 Å². The molecule has 0 aromatic rings. The van der Waals surface area contributed by atoms with Crippen molar-refractivity contribution in [3.63, 3.8) is 0 Å². The first-order chi connectivity index (χ1) is 6.57. The van der Waals surface area contributed by atoms with E-state index >= 15 is 0 Å². The molecule has 1 aliphatic carbocycles. The smallest absolute Gasteiger partial charge is 0.334 e. The summed E-state index contributed by atoms with van der Waals surface area (Å²) < 4.78 is 5.04. The molecule has 0 fully saturated rings. The van der Waals surface area contributed by atoms with Gasteiger partial charge in [-0.25, -0.2) is 4.79 Å². The highest BCUT2D eigenvalue weighted by Gasteiger charge is 2.26. The molecule has 0 bridgehead atoms. The highest BCUT2D eigenvalue weighted by atomic mass is 16.5. The van der Waals surface area contributed by atoms with Crippen LogP contribution in [0.2, 0.25) is 0 Å². The van der Waals surface area contributed by atoms with Crippen LogP contribution in [0.5, 0.6) is 0 Å². The van der Waals surface area contributed by atoms with E-state index in [9.17, 15) is 4.79 Å². The van der Waals surface area contributed by atoms with Crippen LogP contribution < -0.4 is 0 Å². The summed E-state index contributed by atoms with van der Waals surface area (Å²) in [6.45, 7) is 8.43. The zero-order valence-electron chi connectivity index (χ0n) is 9.33. The molecule has 0 aromatic heterocycles. The molecular formula is C12H18O2. The number of ether oxygens (including phenoxy) is 1. The van der Waals surface area contributed by atoms with Gasteiger partial charge in [0.15, 0.2) is 0 Å². The molecule has 2 atom stereocenters. The third-order valence-corrected chi connectivity index (χ3v) is 2.81. The first-order valence-corrected chi connectivity index (χ1v) is 5.14. The van der Waals surface area contributed by atoms with E-state index in [1.54, 1.807) is 0 Å². The normalized spacial score (nSPS) is 26.6. The number of hydrogen-bond donors (Lipinski definition) is 0. The van der Waals surface area contributed by atoms with Crippen molar-refractivity contribution in [2.45, 2.75) is 27.7 Å². The monoisotopic (exact) mass is 194 g/mol. The molecule has 2 nitrogen and oxygen atoms in total. The van der Waals surface area contributed by atoms with Crippen LogP contribution in [0.1, 0.15) is 27.7 Å². The summed E-state index contributed by atoms with van der Waals surface area (Å²) in [5.41, 5.74) is 1.87. The Kier molecular flexibility index (Phi) is 3.50. The topological polar surface area (TPSA) is 26.3 Å². The van der Waals surface area contributed by atoms with Gasteiger partial charge in [0.2, 0.25) is 0 Å². The third kappa shape index (κ3) is 2.06. The van der Waals surface area contributed by atoms with E-state index in [0.29, 0.717) is 12.5 Å². The minimum absolute atomic E-state index is 0.159. The quantitative estimate of drug-likeness (QED) is 0.632. The maximum atomic E-state index is 11.7. The predicted octanol–water partition coefficient (Wildman–Crippen LogP) is 2.71. The molecule has 0 radical (unpaired) electrons. The molecule has 0 amide bonds. The van der Waals surface area contributed by atoms with Crippen LogP contribution in [0, 0.1) is 11.8 Å². The van der Waals surface area contributed by atoms with Crippen LogP contribution in [0.25, 0.3) is 0 Å². The maximum Gasteiger partial charge on any atom is 0.334 e. The molecule has 1 rings (SSSR count). The third-order valence-electron chi connectivity index (χ3n) is 2.81. The summed E-state index contributed by atoms with van der Waals surface area (Å²) >= 11 is 0. The molecule has 1 aliphatic rings. The molecule has 0 aromatic carbocycles. The fraction of sp³-hybridized carbons (Fsp3) is 0.583. The van der Waals surface area contributed by atoms with Crippen LogP contribution in [0.3, 0.4) is 0 Å². The van der Waals surface area contributed by atoms with E-state index in [0.717, 1.165) is 11.1 Å². The first-order valence-electron chi connectivity index (χ1n) is 5.14. The second-order valence-electron chi connectivity index (χ2n) is 3.82. The standard InChI is InChI=1S/C12H18O2/c1-5-14-12(13)11-9(3)7-6-8(2)10(11)4/h6-8,10H,5H2,1-4H3/t8-,10+/m0/s1. The SMILES string of the molecule is CCOC(=O)C1=C(C)C=C[C@H](C)[C@H]1C. The average molecular weight is 194 g/mol. The highest BCUT2D eigenvalue weighted by molar-refractivity contribution is 5.90. The summed E-state index contributed by atoms with van der Waals surface area (Å²) in [5.74, 6) is 0.519.